The Labute approximate surface area is 118 Å². The van der Waals surface area contributed by atoms with Crippen molar-refractivity contribution < 1.29 is 22.7 Å². The zero-order valence-corrected chi connectivity index (χ0v) is 12.1. The fourth-order valence-electron chi connectivity index (χ4n) is 1.27. The van der Waals surface area contributed by atoms with E-state index in [0.29, 0.717) is 0 Å². The second-order valence-electron chi connectivity index (χ2n) is 4.99. The van der Waals surface area contributed by atoms with Gasteiger partial charge in [0.1, 0.15) is 11.4 Å². The number of hydrogen-bond acceptors (Lipinski definition) is 5. The maximum absolute atomic E-state index is 12.6. The molecule has 8 heteroatoms. The molecule has 0 saturated heterocycles. The number of nitrogens with two attached hydrogens (primary N) is 1. The highest BCUT2D eigenvalue weighted by molar-refractivity contribution is 7.99. The summed E-state index contributed by atoms with van der Waals surface area (Å²) >= 11 is 0.848. The van der Waals surface area contributed by atoms with Gasteiger partial charge in [-0.1, -0.05) is 11.8 Å². The van der Waals surface area contributed by atoms with Crippen molar-refractivity contribution in [3.8, 4) is 0 Å². The first-order valence-electron chi connectivity index (χ1n) is 5.67. The van der Waals surface area contributed by atoms with E-state index in [1.165, 1.54) is 0 Å². The Bertz CT molecular complexity index is 498. The van der Waals surface area contributed by atoms with Gasteiger partial charge in [-0.25, -0.2) is 4.98 Å². The van der Waals surface area contributed by atoms with Gasteiger partial charge in [-0.3, -0.25) is 4.79 Å². The number of carbonyl (C=O) groups excluding carboxylic acids is 1. The van der Waals surface area contributed by atoms with Crippen LogP contribution in [0.4, 0.5) is 19.0 Å². The van der Waals surface area contributed by atoms with E-state index >= 15 is 0 Å². The van der Waals surface area contributed by atoms with Gasteiger partial charge in [0.15, 0.2) is 0 Å². The van der Waals surface area contributed by atoms with Crippen LogP contribution in [0, 0.1) is 0 Å². The second kappa shape index (κ2) is 5.90. The average molecular weight is 308 g/mol. The Morgan fingerprint density at radius 3 is 2.45 bits per heavy atom. The molecule has 20 heavy (non-hydrogen) atoms. The zero-order valence-electron chi connectivity index (χ0n) is 11.2. The van der Waals surface area contributed by atoms with E-state index in [-0.39, 0.29) is 16.6 Å². The number of thioether (sulfide) groups is 1. The van der Waals surface area contributed by atoms with Crippen molar-refractivity contribution in [2.75, 3.05) is 11.5 Å². The molecular formula is C12H15F3N2O2S. The summed E-state index contributed by atoms with van der Waals surface area (Å²) in [5.41, 5.74) is 3.79. The third-order valence-corrected chi connectivity index (χ3v) is 2.79. The molecule has 1 aromatic heterocycles. The van der Waals surface area contributed by atoms with Crippen molar-refractivity contribution >= 4 is 23.5 Å². The first-order chi connectivity index (χ1) is 8.97. The van der Waals surface area contributed by atoms with Crippen LogP contribution in [-0.4, -0.2) is 22.3 Å². The summed E-state index contributed by atoms with van der Waals surface area (Å²) in [6.45, 7) is 5.11. The fraction of sp³-hybridized carbons (Fsp3) is 0.500. The Morgan fingerprint density at radius 2 is 1.95 bits per heavy atom. The van der Waals surface area contributed by atoms with Gasteiger partial charge in [0.2, 0.25) is 0 Å². The number of anilines is 1. The smallest absolute Gasteiger partial charge is 0.416 e. The van der Waals surface area contributed by atoms with E-state index in [0.717, 1.165) is 23.9 Å². The first-order valence-corrected chi connectivity index (χ1v) is 6.65. The van der Waals surface area contributed by atoms with E-state index in [1.54, 1.807) is 20.8 Å². The first kappa shape index (κ1) is 16.6. The van der Waals surface area contributed by atoms with E-state index in [1.807, 2.05) is 0 Å². The van der Waals surface area contributed by atoms with Gasteiger partial charge in [0.05, 0.1) is 16.3 Å². The minimum atomic E-state index is -4.50. The lowest BCUT2D eigenvalue weighted by atomic mass is 10.2. The minimum absolute atomic E-state index is 0.0307. The number of halogens is 3. The highest BCUT2D eigenvalue weighted by Gasteiger charge is 2.31. The van der Waals surface area contributed by atoms with Crippen LogP contribution >= 0.6 is 11.8 Å². The number of nitrogens with zero attached hydrogens (tertiary/aromatic N) is 1. The van der Waals surface area contributed by atoms with Crippen LogP contribution in [0.5, 0.6) is 0 Å². The number of nitrogen functional groups attached to an aromatic ring is 1. The van der Waals surface area contributed by atoms with E-state index in [4.69, 9.17) is 10.5 Å². The van der Waals surface area contributed by atoms with Gasteiger partial charge in [0.25, 0.3) is 0 Å². The Balaban J connectivity index is 2.74. The zero-order chi connectivity index (χ0) is 15.6. The molecular weight excluding hydrogens is 293 g/mol. The number of carbonyl (C=O) groups is 1. The molecule has 0 saturated carbocycles. The molecule has 0 radical (unpaired) electrons. The average Bonchev–Trinajstić information content (AvgIpc) is 2.22. The molecule has 1 rings (SSSR count). The monoisotopic (exact) mass is 308 g/mol. The third kappa shape index (κ3) is 5.68. The molecule has 0 aliphatic heterocycles. The number of alkyl halides is 3. The summed E-state index contributed by atoms with van der Waals surface area (Å²) in [7, 11) is 0. The minimum Gasteiger partial charge on any atom is -0.459 e. The van der Waals surface area contributed by atoms with Crippen LogP contribution in [0.25, 0.3) is 0 Å². The molecule has 0 bridgehead atoms. The summed E-state index contributed by atoms with van der Waals surface area (Å²) < 4.78 is 42.8. The van der Waals surface area contributed by atoms with Gasteiger partial charge in [-0.15, -0.1) is 0 Å². The number of esters is 1. The highest BCUT2D eigenvalue weighted by atomic mass is 32.2. The molecule has 0 unspecified atom stereocenters. The van der Waals surface area contributed by atoms with Crippen LogP contribution in [-0.2, 0) is 15.7 Å². The maximum atomic E-state index is 12.6. The van der Waals surface area contributed by atoms with E-state index in [2.05, 4.69) is 4.98 Å². The van der Waals surface area contributed by atoms with Crippen molar-refractivity contribution in [3.05, 3.63) is 17.7 Å². The van der Waals surface area contributed by atoms with Gasteiger partial charge >= 0.3 is 12.1 Å². The van der Waals surface area contributed by atoms with Gasteiger partial charge in [-0.05, 0) is 32.9 Å². The molecule has 0 amide bonds. The van der Waals surface area contributed by atoms with Gasteiger partial charge in [0, 0.05) is 0 Å². The normalized spacial score (nSPS) is 12.3. The van der Waals surface area contributed by atoms with Crippen LogP contribution < -0.4 is 5.73 Å². The molecule has 0 aliphatic carbocycles. The molecule has 0 aromatic carbocycles. The van der Waals surface area contributed by atoms with Crippen molar-refractivity contribution in [2.45, 2.75) is 37.6 Å². The number of pyridine rings is 1. The number of hydrogen-bond donors (Lipinski definition) is 1. The molecule has 1 heterocycles. The summed E-state index contributed by atoms with van der Waals surface area (Å²) in [6, 6.07) is 1.60. The molecule has 0 spiro atoms. The summed E-state index contributed by atoms with van der Waals surface area (Å²) in [5, 5.41) is 0.0307. The van der Waals surface area contributed by atoms with Crippen LogP contribution in [0.1, 0.15) is 26.3 Å². The number of rotatable bonds is 3. The molecule has 0 atom stereocenters. The standard InChI is InChI=1S/C12H15F3N2O2S/c1-11(2,3)19-10(18)6-20-9-5-7(12(13,14)15)4-8(16)17-9/h4-5H,6H2,1-3H3,(H2,16,17). The Hall–Kier alpha value is -1.44. The molecule has 4 nitrogen and oxygen atoms in total. The van der Waals surface area contributed by atoms with Crippen LogP contribution in [0.2, 0.25) is 0 Å². The highest BCUT2D eigenvalue weighted by Crippen LogP contribution is 2.32. The SMILES string of the molecule is CC(C)(C)OC(=O)CSc1cc(C(F)(F)F)cc(N)n1. The van der Waals surface area contributed by atoms with Crippen molar-refractivity contribution in [2.24, 2.45) is 0 Å². The second-order valence-corrected chi connectivity index (χ2v) is 5.99. The molecule has 2 N–H and O–H groups in total. The van der Waals surface area contributed by atoms with Crippen molar-refractivity contribution in [3.63, 3.8) is 0 Å². The van der Waals surface area contributed by atoms with Gasteiger partial charge in [-0.2, -0.15) is 13.2 Å². The quantitative estimate of drug-likeness (QED) is 0.686. The molecule has 1 aromatic rings. The molecule has 0 aliphatic rings. The summed E-state index contributed by atoms with van der Waals surface area (Å²) in [5.74, 6) is -0.905. The number of aromatic nitrogens is 1. The van der Waals surface area contributed by atoms with Crippen molar-refractivity contribution in [1.29, 1.82) is 0 Å². The van der Waals surface area contributed by atoms with Crippen LogP contribution in [0.3, 0.4) is 0 Å². The lowest BCUT2D eigenvalue weighted by Crippen LogP contribution is -2.24. The van der Waals surface area contributed by atoms with Crippen LogP contribution in [0.15, 0.2) is 17.2 Å². The lowest BCUT2D eigenvalue weighted by Gasteiger charge is -2.19. The predicted molar refractivity (Wildman–Crippen MR) is 70.2 cm³/mol. The topological polar surface area (TPSA) is 65.2 Å². The maximum Gasteiger partial charge on any atom is 0.416 e. The lowest BCUT2D eigenvalue weighted by molar-refractivity contribution is -0.151. The molecule has 0 fully saturated rings. The third-order valence-electron chi connectivity index (χ3n) is 1.91. The van der Waals surface area contributed by atoms with E-state index in [9.17, 15) is 18.0 Å². The van der Waals surface area contributed by atoms with E-state index < -0.39 is 23.3 Å². The summed E-state index contributed by atoms with van der Waals surface area (Å²) in [6.07, 6.45) is -4.50. The molecule has 112 valence electrons. The largest absolute Gasteiger partial charge is 0.459 e. The Morgan fingerprint density at radius 1 is 1.35 bits per heavy atom. The fourth-order valence-corrected chi connectivity index (χ4v) is 1.97. The number of ether oxygens (including phenoxy) is 1. The Kier molecular flexibility index (Phi) is 4.90. The summed E-state index contributed by atoms with van der Waals surface area (Å²) in [4.78, 5) is 15.2. The predicted octanol–water partition coefficient (Wildman–Crippen LogP) is 3.12. The van der Waals surface area contributed by atoms with Gasteiger partial charge < -0.3 is 10.5 Å². The van der Waals surface area contributed by atoms with Crippen molar-refractivity contribution in [1.82, 2.24) is 4.98 Å².